The summed E-state index contributed by atoms with van der Waals surface area (Å²) in [6.07, 6.45) is 8.39. The maximum Gasteiger partial charge on any atom is 0.250 e. The van der Waals surface area contributed by atoms with Crippen LogP contribution < -0.4 is 10.1 Å². The number of pyridine rings is 1. The van der Waals surface area contributed by atoms with Gasteiger partial charge in [0.1, 0.15) is 0 Å². The molecule has 4 heteroatoms. The molecule has 0 bridgehead atoms. The Morgan fingerprint density at radius 3 is 2.76 bits per heavy atom. The van der Waals surface area contributed by atoms with Crippen molar-refractivity contribution in [1.29, 1.82) is 0 Å². The van der Waals surface area contributed by atoms with E-state index in [9.17, 15) is 4.39 Å². The standard InChI is InChI=1S/C17H29FN2O/c1-4-6-7-8-9-14(3)21-17-16(18)15(10-12-20-17)13-19-11-5-2/h10,12,14,19H,4-9,11,13H2,1-3H3. The van der Waals surface area contributed by atoms with E-state index < -0.39 is 0 Å². The number of rotatable bonds is 11. The molecule has 1 rings (SSSR count). The normalized spacial score (nSPS) is 12.4. The van der Waals surface area contributed by atoms with Crippen LogP contribution >= 0.6 is 0 Å². The van der Waals surface area contributed by atoms with Crippen LogP contribution in [0.1, 0.15) is 64.9 Å². The van der Waals surface area contributed by atoms with Gasteiger partial charge in [-0.3, -0.25) is 0 Å². The quantitative estimate of drug-likeness (QED) is 0.612. The van der Waals surface area contributed by atoms with Crippen LogP contribution in [0.15, 0.2) is 12.3 Å². The summed E-state index contributed by atoms with van der Waals surface area (Å²) in [7, 11) is 0. The van der Waals surface area contributed by atoms with E-state index in [-0.39, 0.29) is 17.8 Å². The minimum absolute atomic E-state index is 0.00251. The van der Waals surface area contributed by atoms with E-state index in [0.29, 0.717) is 12.1 Å². The highest BCUT2D eigenvalue weighted by molar-refractivity contribution is 5.23. The molecule has 1 N–H and O–H groups in total. The third-order valence-electron chi connectivity index (χ3n) is 3.46. The molecule has 0 aromatic carbocycles. The van der Waals surface area contributed by atoms with Crippen molar-refractivity contribution in [2.24, 2.45) is 0 Å². The van der Waals surface area contributed by atoms with Crippen LogP contribution in [0.4, 0.5) is 4.39 Å². The number of halogens is 1. The summed E-state index contributed by atoms with van der Waals surface area (Å²) in [6.45, 7) is 7.66. The molecule has 1 aromatic rings. The van der Waals surface area contributed by atoms with Gasteiger partial charge in [-0.25, -0.2) is 9.37 Å². The third-order valence-corrected chi connectivity index (χ3v) is 3.46. The zero-order valence-corrected chi connectivity index (χ0v) is 13.6. The number of hydrogen-bond acceptors (Lipinski definition) is 3. The van der Waals surface area contributed by atoms with Crippen LogP contribution in [-0.2, 0) is 6.54 Å². The van der Waals surface area contributed by atoms with Gasteiger partial charge in [-0.2, -0.15) is 0 Å². The molecular formula is C17H29FN2O. The maximum absolute atomic E-state index is 14.3. The average Bonchev–Trinajstić information content (AvgIpc) is 2.48. The number of nitrogens with zero attached hydrogens (tertiary/aromatic N) is 1. The summed E-state index contributed by atoms with van der Waals surface area (Å²) in [5.41, 5.74) is 0.617. The molecule has 3 nitrogen and oxygen atoms in total. The highest BCUT2D eigenvalue weighted by atomic mass is 19.1. The van der Waals surface area contributed by atoms with Gasteiger partial charge >= 0.3 is 0 Å². The predicted octanol–water partition coefficient (Wildman–Crippen LogP) is 4.46. The fraction of sp³-hybridized carbons (Fsp3) is 0.706. The van der Waals surface area contributed by atoms with E-state index in [2.05, 4.69) is 24.1 Å². The molecule has 0 fully saturated rings. The SMILES string of the molecule is CCCCCCC(C)Oc1nccc(CNCCC)c1F. The van der Waals surface area contributed by atoms with Gasteiger partial charge in [0.25, 0.3) is 5.88 Å². The molecular weight excluding hydrogens is 267 g/mol. The van der Waals surface area contributed by atoms with Gasteiger partial charge < -0.3 is 10.1 Å². The van der Waals surface area contributed by atoms with Crippen molar-refractivity contribution in [1.82, 2.24) is 10.3 Å². The van der Waals surface area contributed by atoms with Crippen molar-refractivity contribution in [3.63, 3.8) is 0 Å². The van der Waals surface area contributed by atoms with Crippen molar-refractivity contribution in [3.05, 3.63) is 23.6 Å². The summed E-state index contributed by atoms with van der Waals surface area (Å²) >= 11 is 0. The largest absolute Gasteiger partial charge is 0.473 e. The summed E-state index contributed by atoms with van der Waals surface area (Å²) in [4.78, 5) is 4.03. The third kappa shape index (κ3) is 6.89. The monoisotopic (exact) mass is 296 g/mol. The van der Waals surface area contributed by atoms with Gasteiger partial charge in [-0.15, -0.1) is 0 Å². The van der Waals surface area contributed by atoms with Gasteiger partial charge in [-0.05, 0) is 38.8 Å². The molecule has 21 heavy (non-hydrogen) atoms. The topological polar surface area (TPSA) is 34.1 Å². The van der Waals surface area contributed by atoms with Crippen LogP contribution in [0.3, 0.4) is 0 Å². The van der Waals surface area contributed by atoms with Crippen LogP contribution in [-0.4, -0.2) is 17.6 Å². The first-order valence-electron chi connectivity index (χ1n) is 8.19. The van der Waals surface area contributed by atoms with E-state index in [0.717, 1.165) is 25.8 Å². The highest BCUT2D eigenvalue weighted by Gasteiger charge is 2.13. The highest BCUT2D eigenvalue weighted by Crippen LogP contribution is 2.20. The number of unbranched alkanes of at least 4 members (excludes halogenated alkanes) is 3. The van der Waals surface area contributed by atoms with Crippen molar-refractivity contribution < 1.29 is 9.13 Å². The first-order chi connectivity index (χ1) is 10.2. The fourth-order valence-electron chi connectivity index (χ4n) is 2.19. The van der Waals surface area contributed by atoms with Crippen molar-refractivity contribution in [2.75, 3.05) is 6.54 Å². The van der Waals surface area contributed by atoms with Crippen LogP contribution in [0.25, 0.3) is 0 Å². The van der Waals surface area contributed by atoms with Crippen molar-refractivity contribution in [2.45, 2.75) is 71.9 Å². The summed E-state index contributed by atoms with van der Waals surface area (Å²) in [5, 5.41) is 3.20. The molecule has 1 heterocycles. The number of hydrogen-bond donors (Lipinski definition) is 1. The molecule has 1 unspecified atom stereocenters. The Morgan fingerprint density at radius 2 is 2.05 bits per heavy atom. The second-order valence-electron chi connectivity index (χ2n) is 5.54. The van der Waals surface area contributed by atoms with Gasteiger partial charge in [-0.1, -0.05) is 33.1 Å². The average molecular weight is 296 g/mol. The summed E-state index contributed by atoms with van der Waals surface area (Å²) in [6, 6.07) is 1.71. The predicted molar refractivity (Wildman–Crippen MR) is 85.0 cm³/mol. The zero-order chi connectivity index (χ0) is 15.5. The molecule has 0 saturated carbocycles. The molecule has 0 aliphatic carbocycles. The Kier molecular flexibility index (Phi) is 8.99. The molecule has 0 spiro atoms. The van der Waals surface area contributed by atoms with E-state index >= 15 is 0 Å². The summed E-state index contributed by atoms with van der Waals surface area (Å²) < 4.78 is 19.9. The van der Waals surface area contributed by atoms with Crippen molar-refractivity contribution >= 4 is 0 Å². The Hall–Kier alpha value is -1.16. The molecule has 1 aromatic heterocycles. The molecule has 0 aliphatic heterocycles. The van der Waals surface area contributed by atoms with E-state index in [1.807, 2.05) is 6.92 Å². The maximum atomic E-state index is 14.3. The van der Waals surface area contributed by atoms with Crippen LogP contribution in [0.2, 0.25) is 0 Å². The molecule has 0 aliphatic rings. The summed E-state index contributed by atoms with van der Waals surface area (Å²) in [5.74, 6) is -0.199. The van der Waals surface area contributed by atoms with Crippen LogP contribution in [0.5, 0.6) is 5.88 Å². The van der Waals surface area contributed by atoms with Crippen LogP contribution in [0, 0.1) is 5.82 Å². The molecule has 0 amide bonds. The van der Waals surface area contributed by atoms with Crippen molar-refractivity contribution in [3.8, 4) is 5.88 Å². The molecule has 0 radical (unpaired) electrons. The number of aromatic nitrogens is 1. The second-order valence-corrected chi connectivity index (χ2v) is 5.54. The minimum Gasteiger partial charge on any atom is -0.473 e. The smallest absolute Gasteiger partial charge is 0.250 e. The Balaban J connectivity index is 2.48. The first kappa shape index (κ1) is 17.9. The Labute approximate surface area is 128 Å². The second kappa shape index (κ2) is 10.6. The van der Waals surface area contributed by atoms with Gasteiger partial charge in [0.15, 0.2) is 5.82 Å². The molecule has 120 valence electrons. The lowest BCUT2D eigenvalue weighted by Gasteiger charge is -2.15. The number of nitrogens with one attached hydrogen (secondary N) is 1. The zero-order valence-electron chi connectivity index (χ0n) is 13.6. The Bertz CT molecular complexity index is 398. The van der Waals surface area contributed by atoms with E-state index in [1.165, 1.54) is 19.3 Å². The lowest BCUT2D eigenvalue weighted by molar-refractivity contribution is 0.188. The van der Waals surface area contributed by atoms with Gasteiger partial charge in [0, 0.05) is 18.3 Å². The lowest BCUT2D eigenvalue weighted by Crippen LogP contribution is -2.17. The molecule has 1 atom stereocenters. The van der Waals surface area contributed by atoms with E-state index in [4.69, 9.17) is 4.74 Å². The van der Waals surface area contributed by atoms with Gasteiger partial charge in [0.2, 0.25) is 0 Å². The minimum atomic E-state index is -0.332. The fourth-order valence-corrected chi connectivity index (χ4v) is 2.19. The first-order valence-corrected chi connectivity index (χ1v) is 8.19. The van der Waals surface area contributed by atoms with Gasteiger partial charge in [0.05, 0.1) is 6.10 Å². The lowest BCUT2D eigenvalue weighted by atomic mass is 10.1. The van der Waals surface area contributed by atoms with E-state index in [1.54, 1.807) is 12.3 Å². The molecule has 0 saturated heterocycles. The number of ether oxygens (including phenoxy) is 1. The Morgan fingerprint density at radius 1 is 1.24 bits per heavy atom.